The quantitative estimate of drug-likeness (QED) is 0.515. The number of methoxy groups -OCH3 is 1. The molecular weight excluding hydrogens is 304 g/mol. The molecule has 0 saturated carbocycles. The number of ether oxygens (including phenoxy) is 2. The van der Waals surface area contributed by atoms with E-state index >= 15 is 0 Å². The van der Waals surface area contributed by atoms with Crippen molar-refractivity contribution in [3.05, 3.63) is 29.8 Å². The Labute approximate surface area is 116 Å². The van der Waals surface area contributed by atoms with Gasteiger partial charge in [-0.05, 0) is 6.07 Å². The first kappa shape index (κ1) is 17.6. The molecule has 0 aromatic heterocycles. The van der Waals surface area contributed by atoms with Crippen LogP contribution < -0.4 is 5.73 Å². The second kappa shape index (κ2) is 6.10. The first-order valence-electron chi connectivity index (χ1n) is 5.69. The van der Waals surface area contributed by atoms with Gasteiger partial charge in [0.05, 0.1) is 13.2 Å². The number of nitrogens with two attached hydrogens (primary N) is 1. The summed E-state index contributed by atoms with van der Waals surface area (Å²) in [6.45, 7) is -1.33. The van der Waals surface area contributed by atoms with E-state index in [1.54, 1.807) is 0 Å². The van der Waals surface area contributed by atoms with E-state index in [2.05, 4.69) is 9.47 Å². The van der Waals surface area contributed by atoms with Crippen LogP contribution in [0.1, 0.15) is 5.56 Å². The maximum atomic E-state index is 13.2. The molecule has 120 valence electrons. The molecule has 0 spiro atoms. The topological polar surface area (TPSA) is 44.5 Å². The monoisotopic (exact) mass is 317 g/mol. The molecule has 1 aromatic rings. The van der Waals surface area contributed by atoms with E-state index in [1.165, 1.54) is 6.07 Å². The van der Waals surface area contributed by atoms with Crippen molar-refractivity contribution < 1.29 is 35.8 Å². The number of anilines is 1. The molecule has 9 heteroatoms. The second-order valence-corrected chi connectivity index (χ2v) is 4.11. The van der Waals surface area contributed by atoms with E-state index in [0.29, 0.717) is 6.07 Å². The van der Waals surface area contributed by atoms with Gasteiger partial charge in [-0.1, -0.05) is 18.2 Å². The Morgan fingerprint density at radius 1 is 0.952 bits per heavy atom. The minimum Gasteiger partial charge on any atom is -0.398 e. The first-order valence-corrected chi connectivity index (χ1v) is 5.69. The first-order chi connectivity index (χ1) is 9.58. The van der Waals surface area contributed by atoms with Crippen molar-refractivity contribution in [2.75, 3.05) is 26.1 Å². The van der Waals surface area contributed by atoms with Crippen molar-refractivity contribution in [3.8, 4) is 0 Å². The van der Waals surface area contributed by atoms with Gasteiger partial charge in [-0.15, -0.1) is 0 Å². The molecule has 0 unspecified atom stereocenters. The van der Waals surface area contributed by atoms with Crippen molar-refractivity contribution in [2.45, 2.75) is 18.0 Å². The normalized spacial score (nSPS) is 13.5. The molecule has 3 nitrogen and oxygen atoms in total. The highest BCUT2D eigenvalue weighted by Crippen LogP contribution is 2.54. The number of para-hydroxylation sites is 1. The van der Waals surface area contributed by atoms with Crippen LogP contribution in [0.25, 0.3) is 0 Å². The number of hydrogen-bond acceptors (Lipinski definition) is 3. The molecule has 0 aliphatic heterocycles. The fraction of sp³-hybridized carbons (Fsp3) is 0.500. The summed E-state index contributed by atoms with van der Waals surface area (Å²) >= 11 is 0. The Bertz CT molecular complexity index is 458. The molecule has 2 N–H and O–H groups in total. The van der Waals surface area contributed by atoms with E-state index < -0.39 is 42.4 Å². The summed E-state index contributed by atoms with van der Waals surface area (Å²) in [6.07, 6.45) is -11.5. The largest absolute Gasteiger partial charge is 0.430 e. The molecular formula is C12H13F6NO2. The molecule has 0 bridgehead atoms. The number of halogens is 6. The van der Waals surface area contributed by atoms with Crippen molar-refractivity contribution in [2.24, 2.45) is 0 Å². The van der Waals surface area contributed by atoms with Crippen LogP contribution >= 0.6 is 0 Å². The summed E-state index contributed by atoms with van der Waals surface area (Å²) in [5, 5.41) is 0. The van der Waals surface area contributed by atoms with Gasteiger partial charge in [-0.25, -0.2) is 0 Å². The van der Waals surface area contributed by atoms with Crippen LogP contribution in [0.4, 0.5) is 32.0 Å². The molecule has 0 fully saturated rings. The minimum absolute atomic E-state index is 0.430. The van der Waals surface area contributed by atoms with E-state index in [-0.39, 0.29) is 0 Å². The fourth-order valence-electron chi connectivity index (χ4n) is 1.80. The molecule has 0 saturated heterocycles. The van der Waals surface area contributed by atoms with E-state index in [9.17, 15) is 26.3 Å². The molecule has 0 amide bonds. The van der Waals surface area contributed by atoms with Crippen LogP contribution in [0.2, 0.25) is 0 Å². The molecule has 1 rings (SSSR count). The van der Waals surface area contributed by atoms with Gasteiger partial charge >= 0.3 is 12.4 Å². The second-order valence-electron chi connectivity index (χ2n) is 4.11. The maximum Gasteiger partial charge on any atom is 0.430 e. The number of benzene rings is 1. The number of nitrogen functional groups attached to an aromatic ring is 1. The zero-order chi connectivity index (χ0) is 16.3. The lowest BCUT2D eigenvalue weighted by Crippen LogP contribution is -2.56. The van der Waals surface area contributed by atoms with Gasteiger partial charge in [0, 0.05) is 18.4 Å². The van der Waals surface area contributed by atoms with Gasteiger partial charge < -0.3 is 15.2 Å². The molecule has 21 heavy (non-hydrogen) atoms. The average molecular weight is 317 g/mol. The summed E-state index contributed by atoms with van der Waals surface area (Å²) in [5.74, 6) is 0. The number of hydrogen-bond donors (Lipinski definition) is 1. The van der Waals surface area contributed by atoms with Crippen LogP contribution in [-0.2, 0) is 15.1 Å². The molecule has 0 aliphatic carbocycles. The molecule has 0 aliphatic rings. The van der Waals surface area contributed by atoms with Crippen molar-refractivity contribution in [3.63, 3.8) is 0 Å². The highest BCUT2D eigenvalue weighted by Gasteiger charge is 2.73. The summed E-state index contributed by atoms with van der Waals surface area (Å²) in [7, 11) is 1.13. The Morgan fingerprint density at radius 2 is 1.48 bits per heavy atom. The van der Waals surface area contributed by atoms with Gasteiger partial charge in [-0.3, -0.25) is 0 Å². The Kier molecular flexibility index (Phi) is 5.11. The van der Waals surface area contributed by atoms with Gasteiger partial charge in [0.1, 0.15) is 0 Å². The lowest BCUT2D eigenvalue weighted by atomic mass is 9.90. The molecule has 0 radical (unpaired) electrons. The van der Waals surface area contributed by atoms with Gasteiger partial charge in [-0.2, -0.15) is 26.3 Å². The number of alkyl halides is 6. The number of rotatable bonds is 5. The highest BCUT2D eigenvalue weighted by atomic mass is 19.4. The predicted octanol–water partition coefficient (Wildman–Crippen LogP) is 3.25. The minimum atomic E-state index is -5.74. The maximum absolute atomic E-state index is 13.2. The Hall–Kier alpha value is -1.48. The third-order valence-corrected chi connectivity index (χ3v) is 2.74. The lowest BCUT2D eigenvalue weighted by Gasteiger charge is -2.37. The smallest absolute Gasteiger partial charge is 0.398 e. The third-order valence-electron chi connectivity index (χ3n) is 2.74. The summed E-state index contributed by atoms with van der Waals surface area (Å²) in [4.78, 5) is 0. The van der Waals surface area contributed by atoms with Crippen LogP contribution in [0.5, 0.6) is 0 Å². The summed E-state index contributed by atoms with van der Waals surface area (Å²) in [5.41, 5.74) is -1.06. The van der Waals surface area contributed by atoms with Crippen molar-refractivity contribution in [1.82, 2.24) is 0 Å². The zero-order valence-electron chi connectivity index (χ0n) is 10.9. The molecule has 0 atom stereocenters. The Morgan fingerprint density at radius 3 is 1.90 bits per heavy atom. The standard InChI is InChI=1S/C12H13F6NO2/c1-20-6-7-21-10(11(13,14)15,12(16,17)18)8-4-2-3-5-9(8)19/h2-5H,6-7,19H2,1H3. The fourth-order valence-corrected chi connectivity index (χ4v) is 1.80. The van der Waals surface area contributed by atoms with E-state index in [4.69, 9.17) is 5.73 Å². The predicted molar refractivity (Wildman–Crippen MR) is 62.5 cm³/mol. The lowest BCUT2D eigenvalue weighted by molar-refractivity contribution is -0.390. The van der Waals surface area contributed by atoms with Gasteiger partial charge in [0.2, 0.25) is 0 Å². The Balaban J connectivity index is 3.49. The molecule has 0 heterocycles. The van der Waals surface area contributed by atoms with Crippen LogP contribution in [0.15, 0.2) is 24.3 Å². The average Bonchev–Trinajstić information content (AvgIpc) is 2.33. The zero-order valence-corrected chi connectivity index (χ0v) is 10.9. The van der Waals surface area contributed by atoms with E-state index in [0.717, 1.165) is 19.2 Å². The van der Waals surface area contributed by atoms with E-state index in [1.807, 2.05) is 0 Å². The SMILES string of the molecule is COCCOC(c1ccccc1N)(C(F)(F)F)C(F)(F)F. The molecule has 1 aromatic carbocycles. The van der Waals surface area contributed by atoms with Crippen LogP contribution in [-0.4, -0.2) is 32.7 Å². The summed E-state index contributed by atoms with van der Waals surface area (Å²) < 4.78 is 88.0. The van der Waals surface area contributed by atoms with Crippen LogP contribution in [0.3, 0.4) is 0 Å². The van der Waals surface area contributed by atoms with Gasteiger partial charge in [0.15, 0.2) is 0 Å². The third kappa shape index (κ3) is 3.24. The van der Waals surface area contributed by atoms with Crippen molar-refractivity contribution in [1.29, 1.82) is 0 Å². The van der Waals surface area contributed by atoms with Gasteiger partial charge in [0.25, 0.3) is 5.60 Å². The summed E-state index contributed by atoms with van der Waals surface area (Å²) in [6, 6.07) is 3.84. The van der Waals surface area contributed by atoms with Crippen LogP contribution in [0, 0.1) is 0 Å². The van der Waals surface area contributed by atoms with Crippen molar-refractivity contribution >= 4 is 5.69 Å². The highest BCUT2D eigenvalue weighted by molar-refractivity contribution is 5.51.